The minimum absolute atomic E-state index is 0.214. The van der Waals surface area contributed by atoms with Gasteiger partial charge in [0, 0.05) is 21.2 Å². The molecule has 0 aliphatic rings. The van der Waals surface area contributed by atoms with Gasteiger partial charge in [0.05, 0.1) is 6.61 Å². The number of halogens is 1. The quantitative estimate of drug-likeness (QED) is 0.818. The van der Waals surface area contributed by atoms with E-state index in [-0.39, 0.29) is 6.61 Å². The molecule has 2 nitrogen and oxygen atoms in total. The number of aliphatic hydroxyl groups excluding tert-OH is 1. The highest BCUT2D eigenvalue weighted by Gasteiger charge is 2.06. The first-order valence-electron chi connectivity index (χ1n) is 4.89. The van der Waals surface area contributed by atoms with Gasteiger partial charge >= 0.3 is 0 Å². The molecule has 1 aromatic rings. The molecule has 2 N–H and O–H groups in total. The summed E-state index contributed by atoms with van der Waals surface area (Å²) in [5.74, 6) is 0.736. The Morgan fingerprint density at radius 1 is 1.53 bits per heavy atom. The van der Waals surface area contributed by atoms with Gasteiger partial charge in [0.1, 0.15) is 0 Å². The van der Waals surface area contributed by atoms with Crippen molar-refractivity contribution in [1.82, 2.24) is 5.32 Å². The maximum atomic E-state index is 8.75. The smallest absolute Gasteiger partial charge is 0.0525 e. The minimum atomic E-state index is 0.214. The average Bonchev–Trinajstić information content (AvgIpc) is 2.26. The fourth-order valence-electron chi connectivity index (χ4n) is 1.23. The van der Waals surface area contributed by atoms with Crippen molar-refractivity contribution in [2.45, 2.75) is 17.9 Å². The summed E-state index contributed by atoms with van der Waals surface area (Å²) in [5, 5.41) is 12.0. The van der Waals surface area contributed by atoms with Crippen molar-refractivity contribution >= 4 is 27.7 Å². The number of nitrogens with one attached hydrogen (secondary N) is 1. The highest BCUT2D eigenvalue weighted by atomic mass is 79.9. The van der Waals surface area contributed by atoms with E-state index >= 15 is 0 Å². The van der Waals surface area contributed by atoms with E-state index < -0.39 is 0 Å². The topological polar surface area (TPSA) is 32.3 Å². The van der Waals surface area contributed by atoms with Crippen molar-refractivity contribution in [3.05, 3.63) is 28.2 Å². The lowest BCUT2D eigenvalue weighted by Crippen LogP contribution is -2.12. The van der Waals surface area contributed by atoms with Gasteiger partial charge in [-0.2, -0.15) is 0 Å². The average molecular weight is 290 g/mol. The van der Waals surface area contributed by atoms with E-state index in [9.17, 15) is 0 Å². The fourth-order valence-corrected chi connectivity index (χ4v) is 2.64. The Morgan fingerprint density at radius 3 is 2.80 bits per heavy atom. The number of aliphatic hydroxyl groups is 1. The van der Waals surface area contributed by atoms with Crippen LogP contribution in [0.15, 0.2) is 27.6 Å². The fraction of sp³-hybridized carbons (Fsp3) is 0.455. The maximum absolute atomic E-state index is 8.75. The molecule has 1 atom stereocenters. The molecule has 0 spiro atoms. The Hall–Kier alpha value is -0.0300. The highest BCUT2D eigenvalue weighted by Crippen LogP contribution is 2.29. The molecule has 84 valence electrons. The Balaban J connectivity index is 2.78. The van der Waals surface area contributed by atoms with Crippen LogP contribution in [0.5, 0.6) is 0 Å². The predicted octanol–water partition coefficient (Wildman–Crippen LogP) is 2.81. The minimum Gasteiger partial charge on any atom is -0.396 e. The van der Waals surface area contributed by atoms with Gasteiger partial charge < -0.3 is 10.4 Å². The maximum Gasteiger partial charge on any atom is 0.0525 e. The second kappa shape index (κ2) is 6.53. The largest absolute Gasteiger partial charge is 0.396 e. The first kappa shape index (κ1) is 13.0. The standard InChI is InChI=1S/C11H16BrNOS/c1-8(13-2)9-3-4-11(10(12)7-9)15-6-5-14/h3-4,7-8,13-14H,5-6H2,1-2H3. The van der Waals surface area contributed by atoms with Gasteiger partial charge in [-0.25, -0.2) is 0 Å². The summed E-state index contributed by atoms with van der Waals surface area (Å²) in [6.45, 7) is 2.34. The number of rotatable bonds is 5. The van der Waals surface area contributed by atoms with Gasteiger partial charge in [-0.05, 0) is 47.6 Å². The van der Waals surface area contributed by atoms with E-state index in [1.807, 2.05) is 7.05 Å². The number of benzene rings is 1. The Bertz CT molecular complexity index is 319. The molecule has 0 saturated carbocycles. The summed E-state index contributed by atoms with van der Waals surface area (Å²) in [4.78, 5) is 1.18. The summed E-state index contributed by atoms with van der Waals surface area (Å²) in [6.07, 6.45) is 0. The van der Waals surface area contributed by atoms with Crippen molar-refractivity contribution in [2.24, 2.45) is 0 Å². The van der Waals surface area contributed by atoms with E-state index in [1.165, 1.54) is 10.5 Å². The van der Waals surface area contributed by atoms with E-state index in [4.69, 9.17) is 5.11 Å². The lowest BCUT2D eigenvalue weighted by Gasteiger charge is -2.12. The van der Waals surface area contributed by atoms with E-state index in [0.717, 1.165) is 10.2 Å². The lowest BCUT2D eigenvalue weighted by atomic mass is 10.1. The van der Waals surface area contributed by atoms with Crippen molar-refractivity contribution < 1.29 is 5.11 Å². The van der Waals surface area contributed by atoms with Gasteiger partial charge in [-0.15, -0.1) is 11.8 Å². The molecule has 0 saturated heterocycles. The SMILES string of the molecule is CNC(C)c1ccc(SCCO)c(Br)c1. The molecular formula is C11H16BrNOS. The van der Waals surface area contributed by atoms with E-state index in [1.54, 1.807) is 11.8 Å². The van der Waals surface area contributed by atoms with Crippen LogP contribution in [0.25, 0.3) is 0 Å². The number of thioether (sulfide) groups is 1. The summed E-state index contributed by atoms with van der Waals surface area (Å²) in [5.41, 5.74) is 1.26. The number of hydrogen-bond donors (Lipinski definition) is 2. The monoisotopic (exact) mass is 289 g/mol. The predicted molar refractivity (Wildman–Crippen MR) is 69.4 cm³/mol. The normalized spacial score (nSPS) is 12.8. The molecule has 1 rings (SSSR count). The Kier molecular flexibility index (Phi) is 5.68. The Labute approximate surface area is 104 Å². The van der Waals surface area contributed by atoms with Crippen LogP contribution >= 0.6 is 27.7 Å². The van der Waals surface area contributed by atoms with Crippen molar-refractivity contribution in [2.75, 3.05) is 19.4 Å². The molecule has 0 radical (unpaired) electrons. The van der Waals surface area contributed by atoms with E-state index in [0.29, 0.717) is 6.04 Å². The van der Waals surface area contributed by atoms with Crippen molar-refractivity contribution in [3.63, 3.8) is 0 Å². The summed E-state index contributed by atoms with van der Waals surface area (Å²) in [6, 6.07) is 6.69. The van der Waals surface area contributed by atoms with Gasteiger partial charge in [0.2, 0.25) is 0 Å². The van der Waals surface area contributed by atoms with E-state index in [2.05, 4.69) is 46.4 Å². The second-order valence-electron chi connectivity index (χ2n) is 3.27. The van der Waals surface area contributed by atoms with Crippen molar-refractivity contribution in [1.29, 1.82) is 0 Å². The van der Waals surface area contributed by atoms with Gasteiger partial charge in [0.15, 0.2) is 0 Å². The highest BCUT2D eigenvalue weighted by molar-refractivity contribution is 9.10. The van der Waals surface area contributed by atoms with Crippen LogP contribution in [0.1, 0.15) is 18.5 Å². The first-order chi connectivity index (χ1) is 7.19. The van der Waals surface area contributed by atoms with Gasteiger partial charge in [-0.3, -0.25) is 0 Å². The Morgan fingerprint density at radius 2 is 2.27 bits per heavy atom. The third kappa shape index (κ3) is 3.79. The molecule has 1 unspecified atom stereocenters. The zero-order valence-electron chi connectivity index (χ0n) is 8.96. The third-order valence-corrected chi connectivity index (χ3v) is 4.21. The molecule has 15 heavy (non-hydrogen) atoms. The molecule has 0 bridgehead atoms. The van der Waals surface area contributed by atoms with Crippen LogP contribution in [0.3, 0.4) is 0 Å². The van der Waals surface area contributed by atoms with Gasteiger partial charge in [0.25, 0.3) is 0 Å². The molecular weight excluding hydrogens is 274 g/mol. The zero-order chi connectivity index (χ0) is 11.3. The van der Waals surface area contributed by atoms with Crippen LogP contribution in [0.4, 0.5) is 0 Å². The third-order valence-electron chi connectivity index (χ3n) is 2.24. The van der Waals surface area contributed by atoms with Crippen LogP contribution in [-0.2, 0) is 0 Å². The van der Waals surface area contributed by atoms with Gasteiger partial charge in [-0.1, -0.05) is 6.07 Å². The van der Waals surface area contributed by atoms with Crippen molar-refractivity contribution in [3.8, 4) is 0 Å². The molecule has 0 aliphatic heterocycles. The van der Waals surface area contributed by atoms with Crippen LogP contribution in [0, 0.1) is 0 Å². The molecule has 0 amide bonds. The molecule has 0 aromatic heterocycles. The lowest BCUT2D eigenvalue weighted by molar-refractivity contribution is 0.322. The summed E-state index contributed by atoms with van der Waals surface area (Å²) in [7, 11) is 1.95. The second-order valence-corrected chi connectivity index (χ2v) is 5.26. The molecule has 0 heterocycles. The summed E-state index contributed by atoms with van der Waals surface area (Å²) >= 11 is 5.20. The first-order valence-corrected chi connectivity index (χ1v) is 6.67. The van der Waals surface area contributed by atoms with Crippen LogP contribution in [0.2, 0.25) is 0 Å². The number of hydrogen-bond acceptors (Lipinski definition) is 3. The molecule has 1 aromatic carbocycles. The molecule has 0 aliphatic carbocycles. The molecule has 4 heteroatoms. The molecule has 0 fully saturated rings. The summed E-state index contributed by atoms with van der Waals surface area (Å²) < 4.78 is 1.10. The van der Waals surface area contributed by atoms with Crippen LogP contribution < -0.4 is 5.32 Å². The zero-order valence-corrected chi connectivity index (χ0v) is 11.4. The van der Waals surface area contributed by atoms with Crippen LogP contribution in [-0.4, -0.2) is 24.5 Å².